The number of nitrogens with two attached hydrogens (primary N) is 1. The molecular weight excluding hydrogens is 519 g/mol. The van der Waals surface area contributed by atoms with Gasteiger partial charge in [-0.2, -0.15) is 0 Å². The Hall–Kier alpha value is -2.57. The Balaban J connectivity index is 1.31. The average Bonchev–Trinajstić information content (AvgIpc) is 2.93. The molecular formula is C31H36Cl2N2O3. The number of hydrogen-bond donors (Lipinski definition) is 4. The number of halogens is 2. The first-order valence-corrected chi connectivity index (χ1v) is 14.0. The van der Waals surface area contributed by atoms with Crippen molar-refractivity contribution in [1.82, 2.24) is 5.32 Å². The lowest BCUT2D eigenvalue weighted by atomic mass is 9.72. The molecule has 202 valence electrons. The lowest BCUT2D eigenvalue weighted by Crippen LogP contribution is -2.31. The summed E-state index contributed by atoms with van der Waals surface area (Å²) >= 11 is 12.2. The standard InChI is InChI=1S/C31H36Cl2N2O3/c32-26-16-24(17-27(33)30(26)34)28(36)19-35-18-21-13-11-20(12-14-21)15-25(31(37)38)29(22-7-3-1-4-8-22)23-9-5-2-6-10-23/h1-10,16-17,20-21,25,28-29,35-36H,11-15,18-19,34H2,(H,37,38). The summed E-state index contributed by atoms with van der Waals surface area (Å²) in [5.74, 6) is -0.506. The summed E-state index contributed by atoms with van der Waals surface area (Å²) in [4.78, 5) is 12.6. The number of aliphatic carboxylic acids is 1. The Kier molecular flexibility index (Phi) is 10.1. The van der Waals surface area contributed by atoms with Gasteiger partial charge in [0.05, 0.1) is 27.8 Å². The number of carboxylic acids is 1. The molecule has 0 aliphatic heterocycles. The van der Waals surface area contributed by atoms with Crippen molar-refractivity contribution in [2.75, 3.05) is 18.8 Å². The van der Waals surface area contributed by atoms with Crippen LogP contribution in [0.1, 0.15) is 60.8 Å². The lowest BCUT2D eigenvalue weighted by molar-refractivity contribution is -0.143. The maximum Gasteiger partial charge on any atom is 0.307 e. The van der Waals surface area contributed by atoms with E-state index in [1.807, 2.05) is 60.7 Å². The third-order valence-corrected chi connectivity index (χ3v) is 8.47. The van der Waals surface area contributed by atoms with Gasteiger partial charge in [0, 0.05) is 12.5 Å². The molecule has 2 unspecified atom stereocenters. The smallest absolute Gasteiger partial charge is 0.307 e. The van der Waals surface area contributed by atoms with Crippen molar-refractivity contribution in [3.63, 3.8) is 0 Å². The van der Waals surface area contributed by atoms with Crippen LogP contribution in [0.25, 0.3) is 0 Å². The van der Waals surface area contributed by atoms with Gasteiger partial charge < -0.3 is 21.3 Å². The number of rotatable bonds is 11. The van der Waals surface area contributed by atoms with Crippen LogP contribution in [0.2, 0.25) is 10.0 Å². The van der Waals surface area contributed by atoms with E-state index < -0.39 is 18.0 Å². The predicted octanol–water partition coefficient (Wildman–Crippen LogP) is 6.93. The molecule has 0 radical (unpaired) electrons. The quantitative estimate of drug-likeness (QED) is 0.193. The number of nitrogen functional groups attached to an aromatic ring is 1. The lowest BCUT2D eigenvalue weighted by Gasteiger charge is -2.33. The van der Waals surface area contributed by atoms with Gasteiger partial charge in [-0.1, -0.05) is 96.7 Å². The summed E-state index contributed by atoms with van der Waals surface area (Å²) < 4.78 is 0. The van der Waals surface area contributed by atoms with E-state index in [0.717, 1.165) is 43.4 Å². The minimum Gasteiger partial charge on any atom is -0.481 e. The van der Waals surface area contributed by atoms with Gasteiger partial charge in [0.2, 0.25) is 0 Å². The average molecular weight is 556 g/mol. The minimum atomic E-state index is -0.733. The first kappa shape index (κ1) is 28.4. The van der Waals surface area contributed by atoms with Crippen LogP contribution in [0.3, 0.4) is 0 Å². The van der Waals surface area contributed by atoms with Gasteiger partial charge in [-0.3, -0.25) is 4.79 Å². The van der Waals surface area contributed by atoms with Crippen molar-refractivity contribution in [3.8, 4) is 0 Å². The largest absolute Gasteiger partial charge is 0.481 e. The number of carboxylic acid groups (broad SMARTS) is 1. The van der Waals surface area contributed by atoms with Crippen LogP contribution < -0.4 is 11.1 Å². The molecule has 0 bridgehead atoms. The molecule has 0 heterocycles. The van der Waals surface area contributed by atoms with Gasteiger partial charge in [-0.15, -0.1) is 0 Å². The van der Waals surface area contributed by atoms with Gasteiger partial charge in [0.15, 0.2) is 0 Å². The zero-order chi connectivity index (χ0) is 27.1. The monoisotopic (exact) mass is 554 g/mol. The van der Waals surface area contributed by atoms with E-state index in [4.69, 9.17) is 28.9 Å². The van der Waals surface area contributed by atoms with E-state index in [-0.39, 0.29) is 5.92 Å². The van der Waals surface area contributed by atoms with Crippen LogP contribution in [-0.2, 0) is 4.79 Å². The van der Waals surface area contributed by atoms with Crippen molar-refractivity contribution >= 4 is 34.9 Å². The highest BCUT2D eigenvalue weighted by molar-refractivity contribution is 6.38. The fraction of sp³-hybridized carbons (Fsp3) is 0.387. The highest BCUT2D eigenvalue weighted by Crippen LogP contribution is 2.40. The molecule has 7 heteroatoms. The first-order chi connectivity index (χ1) is 18.3. The predicted molar refractivity (Wildman–Crippen MR) is 155 cm³/mol. The normalized spacial score (nSPS) is 19.3. The summed E-state index contributed by atoms with van der Waals surface area (Å²) in [6.45, 7) is 1.20. The maximum atomic E-state index is 12.6. The van der Waals surface area contributed by atoms with Crippen LogP contribution >= 0.6 is 23.2 Å². The molecule has 1 aliphatic carbocycles. The molecule has 5 nitrogen and oxygen atoms in total. The van der Waals surface area contributed by atoms with Crippen molar-refractivity contribution in [2.45, 2.75) is 44.1 Å². The van der Waals surface area contributed by atoms with Crippen molar-refractivity contribution in [2.24, 2.45) is 17.8 Å². The third kappa shape index (κ3) is 7.29. The number of anilines is 1. The van der Waals surface area contributed by atoms with Crippen molar-refractivity contribution in [1.29, 1.82) is 0 Å². The molecule has 1 saturated carbocycles. The Morgan fingerprint density at radius 1 is 0.868 bits per heavy atom. The van der Waals surface area contributed by atoms with Crippen molar-refractivity contribution in [3.05, 3.63) is 99.5 Å². The summed E-state index contributed by atoms with van der Waals surface area (Å²) in [6, 6.07) is 23.3. The van der Waals surface area contributed by atoms with Crippen LogP contribution in [0.4, 0.5) is 5.69 Å². The second kappa shape index (κ2) is 13.5. The number of hydrogen-bond acceptors (Lipinski definition) is 4. The third-order valence-electron chi connectivity index (χ3n) is 7.85. The molecule has 0 spiro atoms. The Morgan fingerprint density at radius 3 is 1.87 bits per heavy atom. The zero-order valence-electron chi connectivity index (χ0n) is 21.4. The Morgan fingerprint density at radius 2 is 1.37 bits per heavy atom. The summed E-state index contributed by atoms with van der Waals surface area (Å²) in [6.07, 6.45) is 4.05. The van der Waals surface area contributed by atoms with E-state index in [1.54, 1.807) is 12.1 Å². The molecule has 0 aromatic heterocycles. The molecule has 1 fully saturated rings. The highest BCUT2D eigenvalue weighted by atomic mass is 35.5. The maximum absolute atomic E-state index is 12.6. The van der Waals surface area contributed by atoms with Gasteiger partial charge in [-0.25, -0.2) is 0 Å². The van der Waals surface area contributed by atoms with Gasteiger partial charge in [-0.05, 0) is 66.5 Å². The topological polar surface area (TPSA) is 95.6 Å². The fourth-order valence-corrected chi connectivity index (χ4v) is 6.23. The second-order valence-corrected chi connectivity index (χ2v) is 11.3. The molecule has 2 atom stereocenters. The molecule has 3 aromatic rings. The zero-order valence-corrected chi connectivity index (χ0v) is 22.9. The van der Waals surface area contributed by atoms with Crippen molar-refractivity contribution < 1.29 is 15.0 Å². The summed E-state index contributed by atoms with van der Waals surface area (Å²) in [5.41, 5.74) is 8.84. The van der Waals surface area contributed by atoms with Crippen LogP contribution in [0.15, 0.2) is 72.8 Å². The number of benzene rings is 3. The van der Waals surface area contributed by atoms with E-state index >= 15 is 0 Å². The number of carbonyl (C=O) groups is 1. The highest BCUT2D eigenvalue weighted by Gasteiger charge is 2.34. The fourth-order valence-electron chi connectivity index (χ4n) is 5.73. The summed E-state index contributed by atoms with van der Waals surface area (Å²) in [5, 5.41) is 24.9. The van der Waals surface area contributed by atoms with E-state index in [9.17, 15) is 15.0 Å². The SMILES string of the molecule is Nc1c(Cl)cc(C(O)CNCC2CCC(CC(C(=O)O)C(c3ccccc3)c3ccccc3)CC2)cc1Cl. The molecule has 1 aliphatic rings. The van der Waals surface area contributed by atoms with E-state index in [2.05, 4.69) is 5.32 Å². The van der Waals surface area contributed by atoms with Crippen LogP contribution in [-0.4, -0.2) is 29.3 Å². The van der Waals surface area contributed by atoms with Gasteiger partial charge in [0.1, 0.15) is 0 Å². The second-order valence-electron chi connectivity index (χ2n) is 10.4. The molecule has 4 rings (SSSR count). The molecule has 5 N–H and O–H groups in total. The first-order valence-electron chi connectivity index (χ1n) is 13.3. The van der Waals surface area contributed by atoms with E-state index in [1.165, 1.54) is 0 Å². The molecule has 38 heavy (non-hydrogen) atoms. The number of aliphatic hydroxyl groups is 1. The minimum absolute atomic E-state index is 0.175. The number of aliphatic hydroxyl groups excluding tert-OH is 1. The Bertz CT molecular complexity index is 1120. The number of nitrogens with one attached hydrogen (secondary N) is 1. The van der Waals surface area contributed by atoms with Crippen LogP contribution in [0, 0.1) is 17.8 Å². The van der Waals surface area contributed by atoms with Crippen LogP contribution in [0.5, 0.6) is 0 Å². The molecule has 0 saturated heterocycles. The summed E-state index contributed by atoms with van der Waals surface area (Å²) in [7, 11) is 0. The van der Waals surface area contributed by atoms with Gasteiger partial charge >= 0.3 is 5.97 Å². The Labute approximate surface area is 235 Å². The molecule has 0 amide bonds. The van der Waals surface area contributed by atoms with E-state index in [0.29, 0.717) is 46.1 Å². The molecule has 3 aromatic carbocycles. The van der Waals surface area contributed by atoms with Gasteiger partial charge in [0.25, 0.3) is 0 Å².